The van der Waals surface area contributed by atoms with Gasteiger partial charge < -0.3 is 9.80 Å². The molecule has 1 aliphatic heterocycles. The summed E-state index contributed by atoms with van der Waals surface area (Å²) in [6.45, 7) is 7.55. The minimum atomic E-state index is 0.0592. The molecule has 120 valence electrons. The molecule has 1 aliphatic carbocycles. The first-order chi connectivity index (χ1) is 10.1. The van der Waals surface area contributed by atoms with Crippen LogP contribution >= 0.6 is 0 Å². The zero-order valence-electron chi connectivity index (χ0n) is 14.8. The van der Waals surface area contributed by atoms with Crippen LogP contribution < -0.4 is 0 Å². The molecular weight excluding hydrogens is 272 g/mol. The second-order valence-electron chi connectivity index (χ2n) is 8.41. The highest BCUT2D eigenvalue weighted by atomic mass is 16.2. The number of amides is 1. The maximum absolute atomic E-state index is 12.9. The fraction of sp³-hybridized carbons (Fsp3) is 0.632. The van der Waals surface area contributed by atoms with Crippen molar-refractivity contribution in [3.63, 3.8) is 0 Å². The normalized spacial score (nSPS) is 19.8. The van der Waals surface area contributed by atoms with E-state index in [0.717, 1.165) is 31.4 Å². The molecule has 3 rings (SSSR count). The molecule has 0 radical (unpaired) electrons. The topological polar surface area (TPSA) is 23.6 Å². The third kappa shape index (κ3) is 2.45. The van der Waals surface area contributed by atoms with E-state index in [1.807, 2.05) is 11.9 Å². The second kappa shape index (κ2) is 4.82. The van der Waals surface area contributed by atoms with Crippen molar-refractivity contribution >= 4 is 5.91 Å². The van der Waals surface area contributed by atoms with E-state index in [4.69, 9.17) is 0 Å². The Morgan fingerprint density at radius 2 is 1.86 bits per heavy atom. The molecule has 0 atom stereocenters. The summed E-state index contributed by atoms with van der Waals surface area (Å²) in [4.78, 5) is 17.1. The molecule has 0 saturated heterocycles. The Bertz CT molecular complexity index is 621. The molecule has 1 heterocycles. The molecule has 1 aromatic carbocycles. The fourth-order valence-corrected chi connectivity index (χ4v) is 3.55. The third-order valence-electron chi connectivity index (χ3n) is 5.27. The van der Waals surface area contributed by atoms with Crippen LogP contribution in [0.3, 0.4) is 0 Å². The third-order valence-corrected chi connectivity index (χ3v) is 5.27. The van der Waals surface area contributed by atoms with Crippen LogP contribution in [0.25, 0.3) is 0 Å². The number of fused-ring (bicyclic) bond motifs is 1. The SMILES string of the molecule is CN(C)Cc1cc(C(C)(C)C)cc2c1CC1(CC1)N(C)C2=O. The van der Waals surface area contributed by atoms with Gasteiger partial charge in [0.15, 0.2) is 0 Å². The molecule has 0 unspecified atom stereocenters. The molecule has 1 fully saturated rings. The number of carbonyl (C=O) groups is 1. The number of likely N-dealkylation sites (N-methyl/N-ethyl adjacent to an activating group) is 1. The van der Waals surface area contributed by atoms with Gasteiger partial charge in [-0.3, -0.25) is 4.79 Å². The van der Waals surface area contributed by atoms with Crippen molar-refractivity contribution in [3.05, 3.63) is 34.4 Å². The molecule has 22 heavy (non-hydrogen) atoms. The molecular formula is C19H28N2O. The van der Waals surface area contributed by atoms with Gasteiger partial charge in [-0.2, -0.15) is 0 Å². The van der Waals surface area contributed by atoms with Crippen molar-refractivity contribution in [2.75, 3.05) is 21.1 Å². The van der Waals surface area contributed by atoms with Crippen molar-refractivity contribution < 1.29 is 4.79 Å². The number of carbonyl (C=O) groups excluding carboxylic acids is 1. The summed E-state index contributed by atoms with van der Waals surface area (Å²) in [5.41, 5.74) is 5.00. The summed E-state index contributed by atoms with van der Waals surface area (Å²) in [7, 11) is 6.17. The summed E-state index contributed by atoms with van der Waals surface area (Å²) in [5.74, 6) is 0.213. The molecule has 3 nitrogen and oxygen atoms in total. The molecule has 1 spiro atoms. The monoisotopic (exact) mass is 300 g/mol. The van der Waals surface area contributed by atoms with Crippen molar-refractivity contribution in [2.45, 2.75) is 57.5 Å². The van der Waals surface area contributed by atoms with Gasteiger partial charge in [0.05, 0.1) is 0 Å². The lowest BCUT2D eigenvalue weighted by atomic mass is 9.80. The van der Waals surface area contributed by atoms with E-state index >= 15 is 0 Å². The standard InChI is InChI=1S/C19H28N2O/c1-18(2,3)14-9-13(12-20(4)5)16-11-19(7-8-19)21(6)17(22)15(16)10-14/h9-10H,7-8,11-12H2,1-6H3. The quantitative estimate of drug-likeness (QED) is 0.837. The predicted octanol–water partition coefficient (Wildman–Crippen LogP) is 3.21. The molecule has 1 saturated carbocycles. The average molecular weight is 300 g/mol. The molecule has 1 amide bonds. The molecule has 2 aliphatic rings. The first kappa shape index (κ1) is 15.5. The van der Waals surface area contributed by atoms with E-state index < -0.39 is 0 Å². The summed E-state index contributed by atoms with van der Waals surface area (Å²) >= 11 is 0. The van der Waals surface area contributed by atoms with E-state index in [1.54, 1.807) is 0 Å². The maximum Gasteiger partial charge on any atom is 0.254 e. The number of hydrogen-bond donors (Lipinski definition) is 0. The first-order valence-electron chi connectivity index (χ1n) is 8.23. The average Bonchev–Trinajstić information content (AvgIpc) is 3.16. The smallest absolute Gasteiger partial charge is 0.254 e. The Balaban J connectivity index is 2.16. The highest BCUT2D eigenvalue weighted by Crippen LogP contribution is 2.48. The minimum Gasteiger partial charge on any atom is -0.336 e. The zero-order valence-corrected chi connectivity index (χ0v) is 14.8. The van der Waals surface area contributed by atoms with Gasteiger partial charge in [0.1, 0.15) is 0 Å². The van der Waals surface area contributed by atoms with Gasteiger partial charge >= 0.3 is 0 Å². The van der Waals surface area contributed by atoms with Crippen LogP contribution in [0.5, 0.6) is 0 Å². The van der Waals surface area contributed by atoms with Gasteiger partial charge in [0.25, 0.3) is 5.91 Å². The Labute approximate surface area is 134 Å². The lowest BCUT2D eigenvalue weighted by Gasteiger charge is -2.37. The van der Waals surface area contributed by atoms with E-state index in [9.17, 15) is 4.79 Å². The predicted molar refractivity (Wildman–Crippen MR) is 90.3 cm³/mol. The second-order valence-corrected chi connectivity index (χ2v) is 8.41. The number of nitrogens with zero attached hydrogens (tertiary/aromatic N) is 2. The molecule has 0 N–H and O–H groups in total. The lowest BCUT2D eigenvalue weighted by molar-refractivity contribution is 0.0679. The summed E-state index contributed by atoms with van der Waals surface area (Å²) < 4.78 is 0. The van der Waals surface area contributed by atoms with Gasteiger partial charge in [-0.15, -0.1) is 0 Å². The summed E-state index contributed by atoms with van der Waals surface area (Å²) in [6, 6.07) is 4.47. The number of benzene rings is 1. The number of hydrogen-bond acceptors (Lipinski definition) is 2. The molecule has 0 bridgehead atoms. The van der Waals surface area contributed by atoms with Gasteiger partial charge in [-0.1, -0.05) is 26.8 Å². The van der Waals surface area contributed by atoms with Crippen LogP contribution in [0.4, 0.5) is 0 Å². The number of rotatable bonds is 2. The minimum absolute atomic E-state index is 0.0592. The zero-order chi connectivity index (χ0) is 16.3. The van der Waals surface area contributed by atoms with Crippen LogP contribution in [-0.2, 0) is 18.4 Å². The van der Waals surface area contributed by atoms with E-state index in [1.165, 1.54) is 16.7 Å². The van der Waals surface area contributed by atoms with Gasteiger partial charge in [0, 0.05) is 24.7 Å². The first-order valence-corrected chi connectivity index (χ1v) is 8.23. The fourth-order valence-electron chi connectivity index (χ4n) is 3.55. The van der Waals surface area contributed by atoms with Crippen LogP contribution in [0.2, 0.25) is 0 Å². The summed E-state index contributed by atoms with van der Waals surface area (Å²) in [5, 5.41) is 0. The molecule has 3 heteroatoms. The van der Waals surface area contributed by atoms with E-state index in [-0.39, 0.29) is 16.9 Å². The van der Waals surface area contributed by atoms with Crippen LogP contribution in [-0.4, -0.2) is 42.4 Å². The molecule has 1 aromatic rings. The van der Waals surface area contributed by atoms with Crippen LogP contribution in [0.1, 0.15) is 60.7 Å². The largest absolute Gasteiger partial charge is 0.336 e. The van der Waals surface area contributed by atoms with Crippen LogP contribution in [0, 0.1) is 0 Å². The van der Waals surface area contributed by atoms with E-state index in [2.05, 4.69) is 51.9 Å². The Kier molecular flexibility index (Phi) is 3.41. The van der Waals surface area contributed by atoms with Gasteiger partial charge in [-0.05, 0) is 61.5 Å². The van der Waals surface area contributed by atoms with E-state index in [0.29, 0.717) is 0 Å². The van der Waals surface area contributed by atoms with Gasteiger partial charge in [-0.25, -0.2) is 0 Å². The molecule has 0 aromatic heterocycles. The lowest BCUT2D eigenvalue weighted by Crippen LogP contribution is -2.45. The van der Waals surface area contributed by atoms with Crippen molar-refractivity contribution in [1.29, 1.82) is 0 Å². The Morgan fingerprint density at radius 3 is 2.36 bits per heavy atom. The van der Waals surface area contributed by atoms with Gasteiger partial charge in [0.2, 0.25) is 0 Å². The highest BCUT2D eigenvalue weighted by molar-refractivity contribution is 5.98. The van der Waals surface area contributed by atoms with Crippen molar-refractivity contribution in [2.24, 2.45) is 0 Å². The van der Waals surface area contributed by atoms with Crippen LogP contribution in [0.15, 0.2) is 12.1 Å². The van der Waals surface area contributed by atoms with Crippen molar-refractivity contribution in [3.8, 4) is 0 Å². The maximum atomic E-state index is 12.9. The Hall–Kier alpha value is -1.35. The summed E-state index contributed by atoms with van der Waals surface area (Å²) in [6.07, 6.45) is 3.33. The highest BCUT2D eigenvalue weighted by Gasteiger charge is 2.52. The Morgan fingerprint density at radius 1 is 1.23 bits per heavy atom. The van der Waals surface area contributed by atoms with Crippen molar-refractivity contribution in [1.82, 2.24) is 9.80 Å².